The van der Waals surface area contributed by atoms with E-state index in [0.717, 1.165) is 11.1 Å². The first-order chi connectivity index (χ1) is 8.49. The summed E-state index contributed by atoms with van der Waals surface area (Å²) in [5, 5.41) is 9.51. The molecule has 1 aromatic carbocycles. The molecule has 1 aromatic rings. The van der Waals surface area contributed by atoms with Crippen LogP contribution in [0.3, 0.4) is 0 Å². The van der Waals surface area contributed by atoms with E-state index in [1.54, 1.807) is 0 Å². The first-order valence-corrected chi connectivity index (χ1v) is 5.56. The molecule has 2 rings (SSSR count). The Morgan fingerprint density at radius 1 is 1.39 bits per heavy atom. The van der Waals surface area contributed by atoms with Crippen LogP contribution in [-0.4, -0.2) is 28.4 Å². The maximum atomic E-state index is 11.7. The van der Waals surface area contributed by atoms with Gasteiger partial charge in [-0.2, -0.15) is 0 Å². The minimum Gasteiger partial charge on any atom is -0.503 e. The molecule has 5 nitrogen and oxygen atoms in total. The van der Waals surface area contributed by atoms with E-state index in [1.165, 1.54) is 4.90 Å². The van der Waals surface area contributed by atoms with E-state index in [4.69, 9.17) is 5.73 Å². The molecule has 0 atom stereocenters. The average molecular weight is 246 g/mol. The molecule has 3 N–H and O–H groups in total. The number of benzene rings is 1. The van der Waals surface area contributed by atoms with Gasteiger partial charge >= 0.3 is 0 Å². The fraction of sp³-hybridized carbons (Fsp3) is 0.231. The molecule has 0 fully saturated rings. The highest BCUT2D eigenvalue weighted by Crippen LogP contribution is 2.19. The lowest BCUT2D eigenvalue weighted by molar-refractivity contribution is -0.128. The molecule has 0 unspecified atom stereocenters. The van der Waals surface area contributed by atoms with Crippen LogP contribution in [0.2, 0.25) is 0 Å². The lowest BCUT2D eigenvalue weighted by Gasteiger charge is -2.15. The van der Waals surface area contributed by atoms with Crippen LogP contribution in [-0.2, 0) is 16.1 Å². The van der Waals surface area contributed by atoms with Crippen LogP contribution in [0.5, 0.6) is 0 Å². The minimum atomic E-state index is -0.757. The van der Waals surface area contributed by atoms with Crippen molar-refractivity contribution in [3.8, 4) is 0 Å². The molecule has 5 heteroatoms. The third kappa shape index (κ3) is 2.20. The van der Waals surface area contributed by atoms with Crippen molar-refractivity contribution in [2.75, 3.05) is 6.54 Å². The average Bonchev–Trinajstić information content (AvgIpc) is 2.60. The van der Waals surface area contributed by atoms with Gasteiger partial charge in [-0.1, -0.05) is 29.8 Å². The van der Waals surface area contributed by atoms with Crippen LogP contribution in [0.25, 0.3) is 0 Å². The lowest BCUT2D eigenvalue weighted by Crippen LogP contribution is -2.27. The van der Waals surface area contributed by atoms with Gasteiger partial charge < -0.3 is 15.7 Å². The summed E-state index contributed by atoms with van der Waals surface area (Å²) in [5.41, 5.74) is 7.14. The molecule has 0 aromatic heterocycles. The molecule has 18 heavy (non-hydrogen) atoms. The zero-order chi connectivity index (χ0) is 13.3. The zero-order valence-electron chi connectivity index (χ0n) is 10.0. The second kappa shape index (κ2) is 4.52. The Bertz CT molecular complexity index is 532. The summed E-state index contributed by atoms with van der Waals surface area (Å²) in [7, 11) is 0. The second-order valence-electron chi connectivity index (χ2n) is 4.34. The standard InChI is InChI=1S/C13H14N2O3/c1-8-2-4-9(5-3-8)6-15-7-10(12(14)17)11(16)13(15)18/h2-5,16H,6-7H2,1H3,(H2,14,17). The monoisotopic (exact) mass is 246 g/mol. The largest absolute Gasteiger partial charge is 0.503 e. The quantitative estimate of drug-likeness (QED) is 0.820. The lowest BCUT2D eigenvalue weighted by atomic mass is 10.1. The summed E-state index contributed by atoms with van der Waals surface area (Å²) < 4.78 is 0. The molecule has 1 aliphatic rings. The summed E-state index contributed by atoms with van der Waals surface area (Å²) in [4.78, 5) is 24.1. The highest BCUT2D eigenvalue weighted by atomic mass is 16.3. The molecule has 0 saturated heterocycles. The van der Waals surface area contributed by atoms with Crippen molar-refractivity contribution in [2.24, 2.45) is 5.73 Å². The van der Waals surface area contributed by atoms with Crippen LogP contribution >= 0.6 is 0 Å². The van der Waals surface area contributed by atoms with Crippen molar-refractivity contribution in [1.29, 1.82) is 0 Å². The Morgan fingerprint density at radius 2 is 2.00 bits per heavy atom. The normalized spacial score (nSPS) is 15.4. The highest BCUT2D eigenvalue weighted by Gasteiger charge is 2.32. The first kappa shape index (κ1) is 12.2. The number of hydrogen-bond acceptors (Lipinski definition) is 3. The Labute approximate surface area is 105 Å². The Morgan fingerprint density at radius 3 is 2.50 bits per heavy atom. The number of rotatable bonds is 3. The summed E-state index contributed by atoms with van der Waals surface area (Å²) in [6, 6.07) is 7.69. The van der Waals surface area contributed by atoms with Crippen molar-refractivity contribution in [2.45, 2.75) is 13.5 Å². The summed E-state index contributed by atoms with van der Waals surface area (Å²) >= 11 is 0. The van der Waals surface area contributed by atoms with Gasteiger partial charge in [-0.25, -0.2) is 0 Å². The van der Waals surface area contributed by atoms with Crippen molar-refractivity contribution in [3.05, 3.63) is 46.7 Å². The van der Waals surface area contributed by atoms with Crippen LogP contribution in [0.4, 0.5) is 0 Å². The molecule has 2 amide bonds. The van der Waals surface area contributed by atoms with Crippen LogP contribution in [0.1, 0.15) is 11.1 Å². The summed E-state index contributed by atoms with van der Waals surface area (Å²) in [6.07, 6.45) is 0. The van der Waals surface area contributed by atoms with E-state index in [-0.39, 0.29) is 12.1 Å². The summed E-state index contributed by atoms with van der Waals surface area (Å²) in [6.45, 7) is 2.39. The van der Waals surface area contributed by atoms with Gasteiger partial charge in [-0.3, -0.25) is 9.59 Å². The predicted octanol–water partition coefficient (Wildman–Crippen LogP) is 0.635. The topological polar surface area (TPSA) is 83.6 Å². The van der Waals surface area contributed by atoms with E-state index >= 15 is 0 Å². The number of amides is 2. The van der Waals surface area contributed by atoms with Gasteiger partial charge in [0.05, 0.1) is 12.1 Å². The number of carbonyl (C=O) groups excluding carboxylic acids is 2. The van der Waals surface area contributed by atoms with Crippen LogP contribution < -0.4 is 5.73 Å². The smallest absolute Gasteiger partial charge is 0.289 e. The molecular formula is C13H14N2O3. The van der Waals surface area contributed by atoms with E-state index in [1.807, 2.05) is 31.2 Å². The van der Waals surface area contributed by atoms with E-state index < -0.39 is 17.6 Å². The van der Waals surface area contributed by atoms with Crippen molar-refractivity contribution in [3.63, 3.8) is 0 Å². The van der Waals surface area contributed by atoms with Gasteiger partial charge in [0.25, 0.3) is 5.91 Å². The molecule has 94 valence electrons. The number of nitrogens with two attached hydrogens (primary N) is 1. The van der Waals surface area contributed by atoms with Gasteiger partial charge in [0.15, 0.2) is 5.76 Å². The van der Waals surface area contributed by atoms with E-state index in [2.05, 4.69) is 0 Å². The second-order valence-corrected chi connectivity index (χ2v) is 4.34. The maximum Gasteiger partial charge on any atom is 0.289 e. The number of carbonyl (C=O) groups is 2. The highest BCUT2D eigenvalue weighted by molar-refractivity contribution is 6.06. The van der Waals surface area contributed by atoms with Crippen molar-refractivity contribution in [1.82, 2.24) is 4.90 Å². The van der Waals surface area contributed by atoms with E-state index in [9.17, 15) is 14.7 Å². The van der Waals surface area contributed by atoms with Crippen molar-refractivity contribution < 1.29 is 14.7 Å². The van der Waals surface area contributed by atoms with Gasteiger partial charge in [0.1, 0.15) is 0 Å². The first-order valence-electron chi connectivity index (χ1n) is 5.56. The van der Waals surface area contributed by atoms with Crippen molar-refractivity contribution >= 4 is 11.8 Å². The number of aryl methyl sites for hydroxylation is 1. The zero-order valence-corrected chi connectivity index (χ0v) is 10.0. The van der Waals surface area contributed by atoms with Crippen LogP contribution in [0, 0.1) is 6.92 Å². The van der Waals surface area contributed by atoms with E-state index in [0.29, 0.717) is 6.54 Å². The maximum absolute atomic E-state index is 11.7. The molecule has 0 aliphatic carbocycles. The third-order valence-corrected chi connectivity index (χ3v) is 2.92. The Hall–Kier alpha value is -2.30. The molecule has 0 bridgehead atoms. The van der Waals surface area contributed by atoms with Crippen LogP contribution in [0.15, 0.2) is 35.6 Å². The number of nitrogens with zero attached hydrogens (tertiary/aromatic N) is 1. The third-order valence-electron chi connectivity index (χ3n) is 2.92. The number of hydrogen-bond donors (Lipinski definition) is 2. The fourth-order valence-electron chi connectivity index (χ4n) is 1.85. The predicted molar refractivity (Wildman–Crippen MR) is 65.4 cm³/mol. The van der Waals surface area contributed by atoms with Gasteiger partial charge in [-0.15, -0.1) is 0 Å². The van der Waals surface area contributed by atoms with Gasteiger partial charge in [-0.05, 0) is 12.5 Å². The molecule has 1 aliphatic heterocycles. The molecule has 0 saturated carbocycles. The molecule has 0 spiro atoms. The number of aliphatic hydroxyl groups excluding tert-OH is 1. The van der Waals surface area contributed by atoms with Gasteiger partial charge in [0.2, 0.25) is 5.91 Å². The fourth-order valence-corrected chi connectivity index (χ4v) is 1.85. The number of primary amides is 1. The molecule has 0 radical (unpaired) electrons. The Kier molecular flexibility index (Phi) is 3.06. The Balaban J connectivity index is 2.12. The number of aliphatic hydroxyl groups is 1. The molecular weight excluding hydrogens is 232 g/mol. The minimum absolute atomic E-state index is 0.0212. The SMILES string of the molecule is Cc1ccc(CN2CC(C(N)=O)=C(O)C2=O)cc1. The molecule has 1 heterocycles. The summed E-state index contributed by atoms with van der Waals surface area (Å²) in [5.74, 6) is -1.84. The van der Waals surface area contributed by atoms with Gasteiger partial charge in [0, 0.05) is 6.54 Å².